The highest BCUT2D eigenvalue weighted by Gasteiger charge is 2.41. The van der Waals surface area contributed by atoms with Gasteiger partial charge < -0.3 is 10.1 Å². The van der Waals surface area contributed by atoms with Gasteiger partial charge in [-0.25, -0.2) is 8.42 Å². The number of fused-ring (bicyclic) bond motifs is 3. The van der Waals surface area contributed by atoms with Crippen LogP contribution in [0, 0.1) is 0 Å². The first-order chi connectivity index (χ1) is 11.5. The molecule has 130 valence electrons. The van der Waals surface area contributed by atoms with Gasteiger partial charge in [-0.3, -0.25) is 4.79 Å². The highest BCUT2D eigenvalue weighted by Crippen LogP contribution is 2.34. The minimum atomic E-state index is -3.41. The van der Waals surface area contributed by atoms with Gasteiger partial charge in [0.1, 0.15) is 0 Å². The van der Waals surface area contributed by atoms with E-state index in [0.717, 1.165) is 44.1 Å². The molecule has 1 aliphatic carbocycles. The summed E-state index contributed by atoms with van der Waals surface area (Å²) in [6.07, 6.45) is 6.39. The topological polar surface area (TPSA) is 72.5 Å². The van der Waals surface area contributed by atoms with Gasteiger partial charge in [0, 0.05) is 6.42 Å². The first-order valence-electron chi connectivity index (χ1n) is 8.81. The Balaban J connectivity index is 1.35. The first kappa shape index (κ1) is 16.1. The number of benzene rings is 1. The summed E-state index contributed by atoms with van der Waals surface area (Å²) in [7, 11) is -3.41. The number of nitrogens with one attached hydrogen (secondary N) is 1. The lowest BCUT2D eigenvalue weighted by atomic mass is 9.95. The number of sulfone groups is 1. The molecule has 3 aliphatic rings. The van der Waals surface area contributed by atoms with Gasteiger partial charge >= 0.3 is 0 Å². The van der Waals surface area contributed by atoms with E-state index in [1.54, 1.807) is 12.1 Å². The molecule has 1 amide bonds. The first-order valence-corrected chi connectivity index (χ1v) is 10.5. The molecule has 3 unspecified atom stereocenters. The molecule has 24 heavy (non-hydrogen) atoms. The number of aryl methyl sites for hydroxylation is 2. The minimum Gasteiger partial charge on any atom is -0.373 e. The van der Waals surface area contributed by atoms with Crippen LogP contribution in [0.3, 0.4) is 0 Å². The van der Waals surface area contributed by atoms with Crippen molar-refractivity contribution < 1.29 is 17.9 Å². The highest BCUT2D eigenvalue weighted by molar-refractivity contribution is 7.91. The zero-order valence-electron chi connectivity index (χ0n) is 13.7. The normalized spacial score (nSPS) is 28.1. The molecule has 3 atom stereocenters. The van der Waals surface area contributed by atoms with Crippen LogP contribution in [0.4, 0.5) is 0 Å². The molecular formula is C18H23NO4S. The quantitative estimate of drug-likeness (QED) is 0.879. The molecule has 2 heterocycles. The molecule has 0 radical (unpaired) electrons. The van der Waals surface area contributed by atoms with E-state index in [9.17, 15) is 13.2 Å². The second kappa shape index (κ2) is 6.15. The van der Waals surface area contributed by atoms with Gasteiger partial charge in [0.25, 0.3) is 0 Å². The van der Waals surface area contributed by atoms with Crippen LogP contribution in [-0.4, -0.2) is 38.3 Å². The Bertz CT molecular complexity index is 758. The minimum absolute atomic E-state index is 0.00725. The van der Waals surface area contributed by atoms with Gasteiger partial charge in [-0.1, -0.05) is 6.07 Å². The van der Waals surface area contributed by atoms with E-state index in [0.29, 0.717) is 4.90 Å². The molecule has 1 aromatic rings. The van der Waals surface area contributed by atoms with Crippen LogP contribution in [0.1, 0.15) is 43.2 Å². The van der Waals surface area contributed by atoms with Crippen molar-refractivity contribution in [3.63, 3.8) is 0 Å². The predicted molar refractivity (Wildman–Crippen MR) is 89.6 cm³/mol. The maximum Gasteiger partial charge on any atom is 0.221 e. The zero-order valence-corrected chi connectivity index (χ0v) is 14.5. The van der Waals surface area contributed by atoms with E-state index in [1.165, 1.54) is 5.56 Å². The van der Waals surface area contributed by atoms with Gasteiger partial charge in [0.15, 0.2) is 9.84 Å². The Kier molecular flexibility index (Phi) is 4.12. The molecular weight excluding hydrogens is 326 g/mol. The number of amides is 1. The van der Waals surface area contributed by atoms with Crippen molar-refractivity contribution in [3.05, 3.63) is 29.3 Å². The maximum absolute atomic E-state index is 12.5. The van der Waals surface area contributed by atoms with Gasteiger partial charge in [-0.15, -0.1) is 0 Å². The Hall–Kier alpha value is -1.40. The van der Waals surface area contributed by atoms with E-state index in [-0.39, 0.29) is 36.3 Å². The number of hydrogen-bond acceptors (Lipinski definition) is 4. The molecule has 0 spiro atoms. The van der Waals surface area contributed by atoms with Crippen molar-refractivity contribution in [2.45, 2.75) is 68.1 Å². The number of hydrogen-bond donors (Lipinski definition) is 1. The third kappa shape index (κ3) is 3.09. The molecule has 1 aromatic carbocycles. The van der Waals surface area contributed by atoms with Crippen molar-refractivity contribution in [1.29, 1.82) is 0 Å². The van der Waals surface area contributed by atoms with Crippen LogP contribution in [0.2, 0.25) is 0 Å². The average molecular weight is 349 g/mol. The number of rotatable bonds is 5. The van der Waals surface area contributed by atoms with Crippen molar-refractivity contribution in [1.82, 2.24) is 5.32 Å². The lowest BCUT2D eigenvalue weighted by molar-refractivity contribution is -0.121. The monoisotopic (exact) mass is 349 g/mol. The smallest absolute Gasteiger partial charge is 0.221 e. The summed E-state index contributed by atoms with van der Waals surface area (Å²) < 4.78 is 30.7. The molecule has 6 heteroatoms. The molecule has 5 nitrogen and oxygen atoms in total. The number of carbonyl (C=O) groups is 1. The molecule has 0 saturated carbocycles. The van der Waals surface area contributed by atoms with Crippen LogP contribution >= 0.6 is 0 Å². The lowest BCUT2D eigenvalue weighted by Gasteiger charge is -2.20. The van der Waals surface area contributed by atoms with E-state index >= 15 is 0 Å². The molecule has 2 aliphatic heterocycles. The van der Waals surface area contributed by atoms with Gasteiger partial charge in [-0.05, 0) is 61.8 Å². The van der Waals surface area contributed by atoms with Crippen LogP contribution in [0.5, 0.6) is 0 Å². The molecule has 1 N–H and O–H groups in total. The Labute approximate surface area is 142 Å². The molecule has 2 saturated heterocycles. The average Bonchev–Trinajstić information content (AvgIpc) is 3.28. The fourth-order valence-electron chi connectivity index (χ4n) is 4.16. The second-order valence-electron chi connectivity index (χ2n) is 7.14. The highest BCUT2D eigenvalue weighted by atomic mass is 32.2. The van der Waals surface area contributed by atoms with E-state index in [1.807, 2.05) is 6.07 Å². The van der Waals surface area contributed by atoms with E-state index in [2.05, 4.69) is 5.32 Å². The molecule has 0 aromatic heterocycles. The van der Waals surface area contributed by atoms with E-state index in [4.69, 9.17) is 4.74 Å². The van der Waals surface area contributed by atoms with Crippen LogP contribution in [0.25, 0.3) is 0 Å². The third-order valence-electron chi connectivity index (χ3n) is 5.48. The van der Waals surface area contributed by atoms with Crippen LogP contribution < -0.4 is 5.32 Å². The van der Waals surface area contributed by atoms with Crippen molar-refractivity contribution in [3.8, 4) is 0 Å². The summed E-state index contributed by atoms with van der Waals surface area (Å²) in [4.78, 5) is 12.5. The van der Waals surface area contributed by atoms with Crippen LogP contribution in [0.15, 0.2) is 23.1 Å². The maximum atomic E-state index is 12.5. The largest absolute Gasteiger partial charge is 0.373 e. The molecule has 4 rings (SSSR count). The summed E-state index contributed by atoms with van der Waals surface area (Å²) in [6.45, 7) is 0. The van der Waals surface area contributed by atoms with Gasteiger partial charge in [0.05, 0.1) is 28.9 Å². The summed E-state index contributed by atoms with van der Waals surface area (Å²) in [6, 6.07) is 5.45. The summed E-state index contributed by atoms with van der Waals surface area (Å²) >= 11 is 0. The van der Waals surface area contributed by atoms with Crippen LogP contribution in [-0.2, 0) is 32.2 Å². The second-order valence-corrected chi connectivity index (χ2v) is 9.25. The van der Waals surface area contributed by atoms with Crippen molar-refractivity contribution >= 4 is 15.7 Å². The fourth-order valence-corrected chi connectivity index (χ4v) is 5.44. The van der Waals surface area contributed by atoms with Crippen molar-refractivity contribution in [2.24, 2.45) is 0 Å². The number of ether oxygens (including phenoxy) is 1. The summed E-state index contributed by atoms with van der Waals surface area (Å²) in [5, 5.41) is 2.95. The van der Waals surface area contributed by atoms with Crippen molar-refractivity contribution in [2.75, 3.05) is 5.75 Å². The Morgan fingerprint density at radius 1 is 1.21 bits per heavy atom. The SMILES string of the molecule is O=C(CCS(=O)(=O)c1ccc2c(c1)CCC2)NC1CC2CCC1O2. The fraction of sp³-hybridized carbons (Fsp3) is 0.611. The standard InChI is InChI=1S/C18H23NO4S/c20-18(19-16-11-14-5-7-17(16)23-14)8-9-24(21,22)15-6-4-12-2-1-3-13(12)10-15/h4,6,10,14,16-17H,1-3,5,7-9,11H2,(H,19,20). The third-order valence-corrected chi connectivity index (χ3v) is 7.19. The predicted octanol–water partition coefficient (Wildman–Crippen LogP) is 1.78. The Morgan fingerprint density at radius 2 is 2.04 bits per heavy atom. The van der Waals surface area contributed by atoms with Gasteiger partial charge in [-0.2, -0.15) is 0 Å². The summed E-state index contributed by atoms with van der Waals surface area (Å²) in [5.41, 5.74) is 2.39. The summed E-state index contributed by atoms with van der Waals surface area (Å²) in [5.74, 6) is -0.333. The molecule has 2 fully saturated rings. The Morgan fingerprint density at radius 3 is 2.79 bits per heavy atom. The number of carbonyl (C=O) groups excluding carboxylic acids is 1. The zero-order chi connectivity index (χ0) is 16.7. The molecule has 2 bridgehead atoms. The lowest BCUT2D eigenvalue weighted by Crippen LogP contribution is -2.41. The van der Waals surface area contributed by atoms with E-state index < -0.39 is 9.84 Å². The van der Waals surface area contributed by atoms with Gasteiger partial charge in [0.2, 0.25) is 5.91 Å².